The van der Waals surface area contributed by atoms with Gasteiger partial charge >= 0.3 is 0 Å². The zero-order valence-electron chi connectivity index (χ0n) is 12.2. The van der Waals surface area contributed by atoms with E-state index in [1.807, 2.05) is 0 Å². The standard InChI is InChI=1S/C14H29NO/c1-12(2,3)14(7)8-9-15(10-11-16-14)13(4,5)6/h8-11H2,1-7H3. The van der Waals surface area contributed by atoms with Crippen LogP contribution in [0, 0.1) is 5.41 Å². The molecule has 2 heteroatoms. The molecule has 0 amide bonds. The molecule has 0 N–H and O–H groups in total. The summed E-state index contributed by atoms with van der Waals surface area (Å²) in [7, 11) is 0. The van der Waals surface area contributed by atoms with Crippen LogP contribution in [-0.4, -0.2) is 35.7 Å². The number of ether oxygens (including phenoxy) is 1. The maximum absolute atomic E-state index is 6.14. The Morgan fingerprint density at radius 1 is 1.00 bits per heavy atom. The first-order chi connectivity index (χ1) is 7.06. The Bertz CT molecular complexity index is 236. The Morgan fingerprint density at radius 3 is 2.00 bits per heavy atom. The molecule has 1 atom stereocenters. The van der Waals surface area contributed by atoms with Crippen LogP contribution < -0.4 is 0 Å². The van der Waals surface area contributed by atoms with Crippen LogP contribution in [0.15, 0.2) is 0 Å². The van der Waals surface area contributed by atoms with E-state index in [0.717, 1.165) is 26.1 Å². The second kappa shape index (κ2) is 4.30. The molecule has 0 bridgehead atoms. The molecule has 1 aliphatic heterocycles. The monoisotopic (exact) mass is 227 g/mol. The molecule has 0 aromatic carbocycles. The largest absolute Gasteiger partial charge is 0.373 e. The van der Waals surface area contributed by atoms with E-state index in [2.05, 4.69) is 53.4 Å². The van der Waals surface area contributed by atoms with Gasteiger partial charge in [0.05, 0.1) is 12.2 Å². The summed E-state index contributed by atoms with van der Waals surface area (Å²) in [5.74, 6) is 0. The number of rotatable bonds is 0. The van der Waals surface area contributed by atoms with Gasteiger partial charge in [-0.25, -0.2) is 0 Å². The van der Waals surface area contributed by atoms with Crippen LogP contribution in [0.1, 0.15) is 54.9 Å². The minimum absolute atomic E-state index is 0.00694. The molecule has 16 heavy (non-hydrogen) atoms. The number of nitrogens with zero attached hydrogens (tertiary/aromatic N) is 1. The fourth-order valence-corrected chi connectivity index (χ4v) is 2.18. The summed E-state index contributed by atoms with van der Waals surface area (Å²) >= 11 is 0. The molecule has 1 rings (SSSR count). The maximum atomic E-state index is 6.14. The highest BCUT2D eigenvalue weighted by molar-refractivity contribution is 4.92. The van der Waals surface area contributed by atoms with Crippen LogP contribution in [0.25, 0.3) is 0 Å². The fourth-order valence-electron chi connectivity index (χ4n) is 2.18. The van der Waals surface area contributed by atoms with Crippen molar-refractivity contribution in [1.29, 1.82) is 0 Å². The SMILES string of the molecule is CC(C)(C)N1CCOC(C)(C(C)(C)C)CC1. The molecule has 0 spiro atoms. The lowest BCUT2D eigenvalue weighted by molar-refractivity contribution is -0.0978. The van der Waals surface area contributed by atoms with E-state index in [0.29, 0.717) is 0 Å². The topological polar surface area (TPSA) is 12.5 Å². The van der Waals surface area contributed by atoms with Crippen molar-refractivity contribution in [1.82, 2.24) is 4.90 Å². The third kappa shape index (κ3) is 2.98. The quantitative estimate of drug-likeness (QED) is 0.629. The van der Waals surface area contributed by atoms with Gasteiger partial charge in [0.15, 0.2) is 0 Å². The Morgan fingerprint density at radius 2 is 1.56 bits per heavy atom. The molecule has 1 heterocycles. The number of hydrogen-bond donors (Lipinski definition) is 0. The molecule has 0 aromatic rings. The second-order valence-electron chi connectivity index (χ2n) is 7.24. The summed E-state index contributed by atoms with van der Waals surface area (Å²) in [5, 5.41) is 0. The molecule has 0 radical (unpaired) electrons. The van der Waals surface area contributed by atoms with Crippen LogP contribution >= 0.6 is 0 Å². The fraction of sp³-hybridized carbons (Fsp3) is 1.00. The highest BCUT2D eigenvalue weighted by Gasteiger charge is 2.41. The molecular formula is C14H29NO. The van der Waals surface area contributed by atoms with Gasteiger partial charge in [-0.2, -0.15) is 0 Å². The van der Waals surface area contributed by atoms with Crippen molar-refractivity contribution in [3.05, 3.63) is 0 Å². The predicted octanol–water partition coefficient (Wildman–Crippen LogP) is 3.31. The highest BCUT2D eigenvalue weighted by atomic mass is 16.5. The predicted molar refractivity (Wildman–Crippen MR) is 69.8 cm³/mol. The first-order valence-corrected chi connectivity index (χ1v) is 6.45. The summed E-state index contributed by atoms with van der Waals surface area (Å²) in [6.07, 6.45) is 1.12. The second-order valence-corrected chi connectivity index (χ2v) is 7.24. The molecule has 1 fully saturated rings. The molecule has 0 saturated carbocycles. The van der Waals surface area contributed by atoms with Gasteiger partial charge in [0, 0.05) is 18.6 Å². The van der Waals surface area contributed by atoms with Crippen molar-refractivity contribution < 1.29 is 4.74 Å². The lowest BCUT2D eigenvalue weighted by atomic mass is 9.75. The minimum Gasteiger partial charge on any atom is -0.373 e. The average Bonchev–Trinajstić information content (AvgIpc) is 2.25. The third-order valence-electron chi connectivity index (χ3n) is 4.18. The Hall–Kier alpha value is -0.0800. The van der Waals surface area contributed by atoms with E-state index in [1.54, 1.807) is 0 Å². The smallest absolute Gasteiger partial charge is 0.0715 e. The molecule has 1 aliphatic rings. The Balaban J connectivity index is 2.73. The van der Waals surface area contributed by atoms with Gasteiger partial charge < -0.3 is 4.74 Å². The zero-order chi connectivity index (χ0) is 12.6. The highest BCUT2D eigenvalue weighted by Crippen LogP contribution is 2.38. The molecular weight excluding hydrogens is 198 g/mol. The van der Waals surface area contributed by atoms with E-state index < -0.39 is 0 Å². The first kappa shape index (κ1) is 14.0. The van der Waals surface area contributed by atoms with Crippen LogP contribution in [0.3, 0.4) is 0 Å². The van der Waals surface area contributed by atoms with Gasteiger partial charge in [-0.05, 0) is 39.5 Å². The molecule has 1 unspecified atom stereocenters. The number of hydrogen-bond acceptors (Lipinski definition) is 2. The van der Waals surface area contributed by atoms with Crippen LogP contribution in [0.4, 0.5) is 0 Å². The van der Waals surface area contributed by atoms with Crippen molar-refractivity contribution in [3.63, 3.8) is 0 Å². The lowest BCUT2D eigenvalue weighted by Gasteiger charge is -2.41. The molecule has 2 nitrogen and oxygen atoms in total. The summed E-state index contributed by atoms with van der Waals surface area (Å²) in [5.41, 5.74) is 0.473. The average molecular weight is 227 g/mol. The van der Waals surface area contributed by atoms with E-state index in [-0.39, 0.29) is 16.6 Å². The summed E-state index contributed by atoms with van der Waals surface area (Å²) in [4.78, 5) is 2.53. The van der Waals surface area contributed by atoms with Crippen molar-refractivity contribution in [2.45, 2.75) is 66.0 Å². The summed E-state index contributed by atoms with van der Waals surface area (Å²) < 4.78 is 6.14. The van der Waals surface area contributed by atoms with Crippen LogP contribution in [-0.2, 0) is 4.74 Å². The lowest BCUT2D eigenvalue weighted by Crippen LogP contribution is -2.45. The van der Waals surface area contributed by atoms with Gasteiger partial charge in [-0.3, -0.25) is 4.90 Å². The van der Waals surface area contributed by atoms with Crippen LogP contribution in [0.2, 0.25) is 0 Å². The zero-order valence-corrected chi connectivity index (χ0v) is 12.2. The van der Waals surface area contributed by atoms with Gasteiger partial charge in [-0.1, -0.05) is 20.8 Å². The van der Waals surface area contributed by atoms with E-state index >= 15 is 0 Å². The van der Waals surface area contributed by atoms with Gasteiger partial charge in [0.1, 0.15) is 0 Å². The maximum Gasteiger partial charge on any atom is 0.0715 e. The molecule has 0 aliphatic carbocycles. The van der Waals surface area contributed by atoms with Crippen molar-refractivity contribution in [2.75, 3.05) is 19.7 Å². The van der Waals surface area contributed by atoms with Crippen LogP contribution in [0.5, 0.6) is 0 Å². The van der Waals surface area contributed by atoms with Gasteiger partial charge in [0.2, 0.25) is 0 Å². The molecule has 96 valence electrons. The van der Waals surface area contributed by atoms with E-state index in [9.17, 15) is 0 Å². The molecule has 0 aromatic heterocycles. The van der Waals surface area contributed by atoms with Crippen molar-refractivity contribution >= 4 is 0 Å². The summed E-state index contributed by atoms with van der Waals surface area (Å²) in [6, 6.07) is 0. The summed E-state index contributed by atoms with van der Waals surface area (Å²) in [6.45, 7) is 19.0. The minimum atomic E-state index is 0.00694. The third-order valence-corrected chi connectivity index (χ3v) is 4.18. The Labute approximate surface area is 101 Å². The first-order valence-electron chi connectivity index (χ1n) is 6.45. The Kier molecular flexibility index (Phi) is 3.76. The van der Waals surface area contributed by atoms with Gasteiger partial charge in [0.25, 0.3) is 0 Å². The van der Waals surface area contributed by atoms with Crippen molar-refractivity contribution in [2.24, 2.45) is 5.41 Å². The van der Waals surface area contributed by atoms with Gasteiger partial charge in [-0.15, -0.1) is 0 Å². The van der Waals surface area contributed by atoms with E-state index in [1.165, 1.54) is 0 Å². The molecule has 1 saturated heterocycles. The normalized spacial score (nSPS) is 30.2. The van der Waals surface area contributed by atoms with E-state index in [4.69, 9.17) is 4.74 Å². The van der Waals surface area contributed by atoms with Crippen molar-refractivity contribution in [3.8, 4) is 0 Å².